The molecule has 3 aliphatic rings. The Kier molecular flexibility index (Phi) is 59.0. The molecule has 3 saturated carbocycles. The van der Waals surface area contributed by atoms with E-state index in [1.54, 1.807) is 0 Å². The van der Waals surface area contributed by atoms with E-state index >= 15 is 0 Å². The van der Waals surface area contributed by atoms with Gasteiger partial charge < -0.3 is 68.7 Å². The van der Waals surface area contributed by atoms with Crippen LogP contribution >= 0.6 is 0 Å². The summed E-state index contributed by atoms with van der Waals surface area (Å²) in [5.74, 6) is -1.28. The summed E-state index contributed by atoms with van der Waals surface area (Å²) in [5.41, 5.74) is -0.0995. The zero-order chi connectivity index (χ0) is 58.9. The molecule has 13 N–H and O–H groups in total. The Labute approximate surface area is 547 Å². The number of ketones is 1. The zero-order valence-electron chi connectivity index (χ0n) is 54.9. The predicted molar refractivity (Wildman–Crippen MR) is 341 cm³/mol. The van der Waals surface area contributed by atoms with Gasteiger partial charge in [-0.3, -0.25) is 14.4 Å². The number of unbranched alkanes of at least 4 members (excludes halogenated alkanes) is 18. The van der Waals surface area contributed by atoms with Gasteiger partial charge in [0.25, 0.3) is 0 Å². The number of hydrogen-bond acceptors (Lipinski definition) is 14. The van der Waals surface area contributed by atoms with Crippen molar-refractivity contribution in [3.8, 4) is 0 Å². The van der Waals surface area contributed by atoms with Crippen LogP contribution in [0.15, 0.2) is 0 Å². The zero-order valence-corrected chi connectivity index (χ0v) is 59.0. The summed E-state index contributed by atoms with van der Waals surface area (Å²) in [5, 5.41) is 56.4. The second kappa shape index (κ2) is 54.8. The van der Waals surface area contributed by atoms with Crippen molar-refractivity contribution >= 4 is 17.7 Å². The van der Waals surface area contributed by atoms with E-state index in [2.05, 4.69) is 107 Å². The van der Waals surface area contributed by atoms with Gasteiger partial charge in [0.1, 0.15) is 5.78 Å². The first-order chi connectivity index (χ1) is 37.8. The molecule has 19 heteroatoms. The van der Waals surface area contributed by atoms with Crippen LogP contribution in [0.2, 0.25) is 0 Å². The molecular weight excluding hydrogens is 1160 g/mol. The van der Waals surface area contributed by atoms with Crippen molar-refractivity contribution < 1.29 is 80.3 Å². The van der Waals surface area contributed by atoms with Crippen LogP contribution in [0.1, 0.15) is 224 Å². The molecule has 3 radical (unpaired) electrons. The molecule has 83 heavy (non-hydrogen) atoms. The van der Waals surface area contributed by atoms with Crippen molar-refractivity contribution in [1.82, 2.24) is 58.5 Å². The van der Waals surface area contributed by atoms with Gasteiger partial charge in [-0.1, -0.05) is 171 Å². The van der Waals surface area contributed by atoms with Crippen molar-refractivity contribution in [2.75, 3.05) is 93.1 Å². The van der Waals surface area contributed by atoms with Crippen LogP contribution in [0.4, 0.5) is 0 Å². The van der Waals surface area contributed by atoms with Crippen LogP contribution in [0.25, 0.3) is 0 Å². The Balaban J connectivity index is -0.000000583. The number of hydrogen-bond donors (Lipinski definition) is 13. The van der Waals surface area contributed by atoms with Crippen molar-refractivity contribution in [2.24, 2.45) is 29.1 Å². The van der Waals surface area contributed by atoms with E-state index in [0.717, 1.165) is 91.3 Å². The van der Waals surface area contributed by atoms with Gasteiger partial charge in [0.15, 0.2) is 0 Å². The van der Waals surface area contributed by atoms with Crippen molar-refractivity contribution in [2.45, 2.75) is 272 Å². The Morgan fingerprint density at radius 3 is 1.24 bits per heavy atom. The van der Waals surface area contributed by atoms with Crippen molar-refractivity contribution in [3.63, 3.8) is 0 Å². The number of nitrogens with one attached hydrogen (secondary N) is 11. The summed E-state index contributed by atoms with van der Waals surface area (Å²) in [4.78, 5) is 35.4. The molecule has 0 saturated heterocycles. The first-order valence-corrected chi connectivity index (χ1v) is 32.6. The molecule has 3 fully saturated rings. The van der Waals surface area contributed by atoms with E-state index in [1.165, 1.54) is 128 Å². The molecule has 16 nitrogen and oxygen atoms in total. The molecule has 0 aliphatic heterocycles. The first kappa shape index (κ1) is 89.3. The molecule has 0 heterocycles. The van der Waals surface area contributed by atoms with Gasteiger partial charge in [0.2, 0.25) is 0 Å². The molecular formula is C64H135N11O5V3. The molecule has 0 aromatic heterocycles. The third-order valence-electron chi connectivity index (χ3n) is 16.6. The van der Waals surface area contributed by atoms with E-state index in [9.17, 15) is 19.5 Å². The fourth-order valence-electron chi connectivity index (χ4n) is 11.5. The molecule has 3 aliphatic carbocycles. The third kappa shape index (κ3) is 41.0. The summed E-state index contributed by atoms with van der Waals surface area (Å²) in [6, 6.07) is 1.73. The predicted octanol–water partition coefficient (Wildman–Crippen LogP) is 8.68. The fraction of sp³-hybridized carbons (Fsp3) is 0.953. The fourth-order valence-corrected chi connectivity index (χ4v) is 11.5. The Morgan fingerprint density at radius 1 is 0.458 bits per heavy atom. The van der Waals surface area contributed by atoms with Gasteiger partial charge in [0, 0.05) is 167 Å². The maximum atomic E-state index is 12.6. The number of carbonyl (C=O) groups excluding carboxylic acids is 1. The maximum absolute atomic E-state index is 12.6. The summed E-state index contributed by atoms with van der Waals surface area (Å²) in [6.07, 6.45) is 30.2. The van der Waals surface area contributed by atoms with Gasteiger partial charge in [0.05, 0.1) is 11.8 Å². The maximum Gasteiger partial charge on any atom is 0.308 e. The van der Waals surface area contributed by atoms with E-state index < -0.39 is 11.9 Å². The van der Waals surface area contributed by atoms with Gasteiger partial charge in [-0.2, -0.15) is 0 Å². The number of carboxylic acids is 2. The van der Waals surface area contributed by atoms with Crippen LogP contribution in [0.3, 0.4) is 0 Å². The van der Waals surface area contributed by atoms with E-state index in [4.69, 9.17) is 5.11 Å². The summed E-state index contributed by atoms with van der Waals surface area (Å²) < 4.78 is 0. The van der Waals surface area contributed by atoms with Gasteiger partial charge in [-0.25, -0.2) is 0 Å². The molecule has 10 atom stereocenters. The second-order valence-electron chi connectivity index (χ2n) is 25.9. The average molecular weight is 1290 g/mol. The van der Waals surface area contributed by atoms with Crippen molar-refractivity contribution in [3.05, 3.63) is 0 Å². The molecule has 0 aromatic carbocycles. The number of carbonyl (C=O) groups is 3. The SMILES string of the molecule is C.CCCCCCCCCCCCNCCNC1C(NC)C(CNCCCNC(C)(C)C)C1C(=O)O.CCCCCCCCCCCCNCCNC1C(NC)CC1C(=O)C(C)(C)C.CNC1CC(C(=O)O)C1NCCNC(C)C.[V].[V].[V]. The minimum absolute atomic E-state index is 0. The van der Waals surface area contributed by atoms with E-state index in [0.29, 0.717) is 23.9 Å². The normalized spacial score (nSPS) is 22.5. The Bertz CT molecular complexity index is 1520. The summed E-state index contributed by atoms with van der Waals surface area (Å²) in [7, 11) is 5.82. The van der Waals surface area contributed by atoms with Gasteiger partial charge >= 0.3 is 11.9 Å². The molecule has 10 unspecified atom stereocenters. The Morgan fingerprint density at radius 2 is 0.855 bits per heavy atom. The standard InChI is InChI=1S/C28H59N5O2.C24H49N3O.C11H23N3O2.CH4.3V/c1-6-7-8-9-10-11-12-13-14-15-17-30-20-21-32-26-24(27(34)35)23(25(26)29-5)22-31-18-16-19-33-28(2,3)4;1-6-7-8-9-10-11-12-13-14-15-16-26-17-18-27-22-20(19-21(22)25-5)23(28)24(2,3)4;1-7(2)13-4-5-14-10-8(11(15)16)6-9(10)12-3;;;;/h23-26,29-33H,6-22H2,1-5H3,(H,34,35);20-22,25-27H,6-19H2,1-5H3;7-10,12-14H,4-6H2,1-3H3,(H,15,16);1H4;;;. The molecule has 3 rings (SSSR count). The first-order valence-electron chi connectivity index (χ1n) is 32.6. The van der Waals surface area contributed by atoms with Crippen LogP contribution in [0.5, 0.6) is 0 Å². The summed E-state index contributed by atoms with van der Waals surface area (Å²) in [6.45, 7) is 31.5. The van der Waals surface area contributed by atoms with Crippen LogP contribution in [-0.2, 0) is 70.1 Å². The second-order valence-corrected chi connectivity index (χ2v) is 25.9. The van der Waals surface area contributed by atoms with E-state index in [-0.39, 0.29) is 122 Å². The quantitative estimate of drug-likeness (QED) is 0.0256. The number of aliphatic carboxylic acids is 2. The third-order valence-corrected chi connectivity index (χ3v) is 16.6. The topological polar surface area (TPSA) is 224 Å². The molecule has 491 valence electrons. The van der Waals surface area contributed by atoms with E-state index in [1.807, 2.05) is 41.9 Å². The minimum atomic E-state index is -0.694. The summed E-state index contributed by atoms with van der Waals surface area (Å²) >= 11 is 0. The number of likely N-dealkylation sites (N-methyl/N-ethyl adjacent to an activating group) is 3. The Hall–Kier alpha value is -0.0768. The van der Waals surface area contributed by atoms with Crippen molar-refractivity contribution in [1.29, 1.82) is 0 Å². The number of carboxylic acid groups (broad SMARTS) is 2. The monoisotopic (exact) mass is 1290 g/mol. The van der Waals surface area contributed by atoms with Crippen LogP contribution < -0.4 is 58.5 Å². The van der Waals surface area contributed by atoms with Crippen LogP contribution in [-0.4, -0.2) is 169 Å². The minimum Gasteiger partial charge on any atom is -0.481 e. The number of rotatable bonds is 47. The van der Waals surface area contributed by atoms with Gasteiger partial charge in [-0.15, -0.1) is 0 Å². The van der Waals surface area contributed by atoms with Crippen LogP contribution in [0, 0.1) is 29.1 Å². The largest absolute Gasteiger partial charge is 0.481 e. The number of Topliss-reactive ketones (excluding diaryl/α,β-unsaturated/α-hetero) is 1. The molecule has 0 bridgehead atoms. The molecule has 0 aromatic rings. The molecule has 0 amide bonds. The average Bonchev–Trinajstić information content (AvgIpc) is 3.36. The van der Waals surface area contributed by atoms with Gasteiger partial charge in [-0.05, 0) is 100 Å². The molecule has 0 spiro atoms. The smallest absolute Gasteiger partial charge is 0.308 e.